The maximum absolute atomic E-state index is 6.33. The van der Waals surface area contributed by atoms with Crippen LogP contribution in [-0.2, 0) is 6.42 Å². The lowest BCUT2D eigenvalue weighted by Crippen LogP contribution is -2.31. The molecule has 0 saturated heterocycles. The molecule has 1 aliphatic heterocycles. The number of nitrogen functional groups attached to an aromatic ring is 1. The first-order chi connectivity index (χ1) is 9.24. The summed E-state index contributed by atoms with van der Waals surface area (Å²) >= 11 is 0. The molecule has 2 atom stereocenters. The van der Waals surface area contributed by atoms with E-state index in [0.717, 1.165) is 17.7 Å². The average Bonchev–Trinajstić information content (AvgIpc) is 2.82. The van der Waals surface area contributed by atoms with Crippen LogP contribution in [0.15, 0.2) is 42.6 Å². The number of hydrogen-bond acceptors (Lipinski definition) is 4. The normalized spacial score (nSPS) is 18.7. The first-order valence-electron chi connectivity index (χ1n) is 6.42. The molecule has 0 spiro atoms. The third-order valence-electron chi connectivity index (χ3n) is 3.57. The van der Waals surface area contributed by atoms with Crippen LogP contribution >= 0.6 is 0 Å². The van der Waals surface area contributed by atoms with Gasteiger partial charge in [0.15, 0.2) is 0 Å². The van der Waals surface area contributed by atoms with Gasteiger partial charge in [-0.3, -0.25) is 0 Å². The minimum atomic E-state index is 0.0189. The number of aromatic nitrogens is 1. The summed E-state index contributed by atoms with van der Waals surface area (Å²) in [5.74, 6) is 1.73. The Labute approximate surface area is 112 Å². The lowest BCUT2D eigenvalue weighted by atomic mass is 9.90. The molecule has 4 nitrogen and oxygen atoms in total. The summed E-state index contributed by atoms with van der Waals surface area (Å²) in [6, 6.07) is 11.9. The quantitative estimate of drug-likeness (QED) is 0.875. The van der Waals surface area contributed by atoms with Gasteiger partial charge in [-0.05, 0) is 30.2 Å². The molecular weight excluding hydrogens is 238 g/mol. The van der Waals surface area contributed by atoms with Crippen molar-refractivity contribution in [3.8, 4) is 5.75 Å². The number of nitrogens with two attached hydrogens (primary N) is 2. The van der Waals surface area contributed by atoms with Gasteiger partial charge in [0.25, 0.3) is 0 Å². The van der Waals surface area contributed by atoms with E-state index in [2.05, 4.69) is 11.1 Å². The topological polar surface area (TPSA) is 74.2 Å². The van der Waals surface area contributed by atoms with Gasteiger partial charge in [0, 0.05) is 23.7 Å². The Balaban J connectivity index is 1.77. The molecule has 3 rings (SSSR count). The number of pyridine rings is 1. The largest absolute Gasteiger partial charge is 0.493 e. The van der Waals surface area contributed by atoms with Crippen LogP contribution in [0.3, 0.4) is 0 Å². The molecule has 1 aromatic heterocycles. The van der Waals surface area contributed by atoms with E-state index in [0.29, 0.717) is 12.4 Å². The molecule has 2 aromatic rings. The summed E-state index contributed by atoms with van der Waals surface area (Å²) < 4.78 is 5.68. The summed E-state index contributed by atoms with van der Waals surface area (Å²) in [4.78, 5) is 3.99. The van der Waals surface area contributed by atoms with Crippen LogP contribution in [0.2, 0.25) is 0 Å². The predicted molar refractivity (Wildman–Crippen MR) is 75.0 cm³/mol. The van der Waals surface area contributed by atoms with Crippen LogP contribution in [0.4, 0.5) is 5.82 Å². The summed E-state index contributed by atoms with van der Waals surface area (Å²) in [5.41, 5.74) is 14.3. The Morgan fingerprint density at radius 3 is 3.00 bits per heavy atom. The van der Waals surface area contributed by atoms with E-state index >= 15 is 0 Å². The van der Waals surface area contributed by atoms with Crippen molar-refractivity contribution in [3.05, 3.63) is 53.7 Å². The Bertz CT molecular complexity index is 585. The second kappa shape index (κ2) is 4.90. The molecule has 0 bridgehead atoms. The van der Waals surface area contributed by atoms with E-state index in [-0.39, 0.29) is 12.0 Å². The van der Waals surface area contributed by atoms with Gasteiger partial charge < -0.3 is 16.2 Å². The van der Waals surface area contributed by atoms with Crippen LogP contribution in [0.1, 0.15) is 17.0 Å². The maximum atomic E-state index is 6.33. The van der Waals surface area contributed by atoms with Crippen molar-refractivity contribution in [2.75, 3.05) is 12.3 Å². The smallest absolute Gasteiger partial charge is 0.123 e. The first-order valence-corrected chi connectivity index (χ1v) is 6.42. The number of benzene rings is 1. The first kappa shape index (κ1) is 12.0. The molecule has 2 unspecified atom stereocenters. The molecule has 4 N–H and O–H groups in total. The van der Waals surface area contributed by atoms with Crippen molar-refractivity contribution >= 4 is 5.82 Å². The Hall–Kier alpha value is -2.07. The van der Waals surface area contributed by atoms with E-state index in [1.54, 1.807) is 6.20 Å². The molecule has 2 heterocycles. The minimum absolute atomic E-state index is 0.0189. The van der Waals surface area contributed by atoms with E-state index in [1.165, 1.54) is 5.56 Å². The third kappa shape index (κ3) is 2.39. The highest BCUT2D eigenvalue weighted by molar-refractivity contribution is 5.41. The van der Waals surface area contributed by atoms with E-state index < -0.39 is 0 Å². The highest BCUT2D eigenvalue weighted by Gasteiger charge is 2.28. The number of hydrogen-bond donors (Lipinski definition) is 2. The summed E-state index contributed by atoms with van der Waals surface area (Å²) in [7, 11) is 0. The Morgan fingerprint density at radius 2 is 2.16 bits per heavy atom. The van der Waals surface area contributed by atoms with Crippen molar-refractivity contribution < 1.29 is 4.74 Å². The van der Waals surface area contributed by atoms with Gasteiger partial charge in [0.05, 0.1) is 6.61 Å². The third-order valence-corrected chi connectivity index (χ3v) is 3.57. The van der Waals surface area contributed by atoms with Gasteiger partial charge in [-0.15, -0.1) is 0 Å². The molecule has 0 fully saturated rings. The van der Waals surface area contributed by atoms with Crippen molar-refractivity contribution in [1.29, 1.82) is 0 Å². The van der Waals surface area contributed by atoms with Gasteiger partial charge in [-0.25, -0.2) is 4.98 Å². The van der Waals surface area contributed by atoms with Gasteiger partial charge in [-0.2, -0.15) is 0 Å². The zero-order valence-corrected chi connectivity index (χ0v) is 10.6. The van der Waals surface area contributed by atoms with Crippen LogP contribution in [-0.4, -0.2) is 17.6 Å². The molecule has 98 valence electrons. The maximum Gasteiger partial charge on any atom is 0.123 e. The zero-order chi connectivity index (χ0) is 13.2. The molecule has 1 aromatic carbocycles. The standard InChI is InChI=1S/C15H17N3O/c16-13(7-10-5-6-18-15(17)8-10)12-9-19-14-4-2-1-3-11(12)14/h1-6,8,12-13H,7,9,16H2,(H2,17,18). The van der Waals surface area contributed by atoms with Crippen LogP contribution in [0.25, 0.3) is 0 Å². The van der Waals surface area contributed by atoms with Gasteiger partial charge in [0.1, 0.15) is 11.6 Å². The fraction of sp³-hybridized carbons (Fsp3) is 0.267. The number of para-hydroxylation sites is 1. The number of rotatable bonds is 3. The van der Waals surface area contributed by atoms with Crippen molar-refractivity contribution in [3.63, 3.8) is 0 Å². The van der Waals surface area contributed by atoms with E-state index in [4.69, 9.17) is 16.2 Å². The Kier molecular flexibility index (Phi) is 3.09. The molecule has 0 radical (unpaired) electrons. The van der Waals surface area contributed by atoms with Gasteiger partial charge in [-0.1, -0.05) is 18.2 Å². The summed E-state index contributed by atoms with van der Waals surface area (Å²) in [6.07, 6.45) is 2.49. The fourth-order valence-electron chi connectivity index (χ4n) is 2.58. The van der Waals surface area contributed by atoms with Crippen LogP contribution in [0.5, 0.6) is 5.75 Å². The zero-order valence-electron chi connectivity index (χ0n) is 10.6. The lowest BCUT2D eigenvalue weighted by molar-refractivity contribution is 0.313. The minimum Gasteiger partial charge on any atom is -0.493 e. The second-order valence-corrected chi connectivity index (χ2v) is 4.91. The van der Waals surface area contributed by atoms with E-state index in [9.17, 15) is 0 Å². The molecule has 0 aliphatic carbocycles. The summed E-state index contributed by atoms with van der Waals surface area (Å²) in [5, 5.41) is 0. The molecule has 1 aliphatic rings. The highest BCUT2D eigenvalue weighted by atomic mass is 16.5. The molecule has 0 saturated carbocycles. The number of ether oxygens (including phenoxy) is 1. The molecule has 4 heteroatoms. The monoisotopic (exact) mass is 255 g/mol. The molecule has 19 heavy (non-hydrogen) atoms. The van der Waals surface area contributed by atoms with Crippen LogP contribution < -0.4 is 16.2 Å². The highest BCUT2D eigenvalue weighted by Crippen LogP contribution is 2.35. The predicted octanol–water partition coefficient (Wildman–Crippen LogP) is 1.71. The fourth-order valence-corrected chi connectivity index (χ4v) is 2.58. The van der Waals surface area contributed by atoms with Crippen LogP contribution in [0, 0.1) is 0 Å². The van der Waals surface area contributed by atoms with Crippen molar-refractivity contribution in [2.45, 2.75) is 18.4 Å². The Morgan fingerprint density at radius 1 is 1.32 bits per heavy atom. The van der Waals surface area contributed by atoms with E-state index in [1.807, 2.05) is 30.3 Å². The second-order valence-electron chi connectivity index (χ2n) is 4.91. The molecular formula is C15H17N3O. The SMILES string of the molecule is Nc1cc(CC(N)C2COc3ccccc32)ccn1. The lowest BCUT2D eigenvalue weighted by Gasteiger charge is -2.18. The number of fused-ring (bicyclic) bond motifs is 1. The average molecular weight is 255 g/mol. The van der Waals surface area contributed by atoms with Crippen molar-refractivity contribution in [1.82, 2.24) is 4.98 Å². The number of anilines is 1. The van der Waals surface area contributed by atoms with Gasteiger partial charge >= 0.3 is 0 Å². The van der Waals surface area contributed by atoms with Gasteiger partial charge in [0.2, 0.25) is 0 Å². The van der Waals surface area contributed by atoms with Crippen molar-refractivity contribution in [2.24, 2.45) is 5.73 Å². The summed E-state index contributed by atoms with van der Waals surface area (Å²) in [6.45, 7) is 0.654. The molecule has 0 amide bonds. The number of nitrogens with zero attached hydrogens (tertiary/aromatic N) is 1.